The van der Waals surface area contributed by atoms with Gasteiger partial charge in [-0.1, -0.05) is 72.1 Å². The van der Waals surface area contributed by atoms with E-state index >= 15 is 0 Å². The molecule has 0 saturated carbocycles. The number of phenols is 1. The van der Waals surface area contributed by atoms with Crippen LogP contribution in [0.15, 0.2) is 6.07 Å². The molecule has 0 aliphatic carbocycles. The molecule has 1 aliphatic heterocycles. The molecule has 0 bridgehead atoms. The number of aromatic hydroxyl groups is 1. The van der Waals surface area contributed by atoms with E-state index in [4.69, 9.17) is 4.74 Å². The topological polar surface area (TPSA) is 29.5 Å². The van der Waals surface area contributed by atoms with Crippen LogP contribution in [-0.4, -0.2) is 10.7 Å². The molecule has 1 heterocycles. The van der Waals surface area contributed by atoms with E-state index in [0.29, 0.717) is 5.75 Å². The normalized spacial score (nSPS) is 19.8. The fourth-order valence-electron chi connectivity index (χ4n) is 4.68. The van der Waals surface area contributed by atoms with Crippen LogP contribution in [0.2, 0.25) is 0 Å². The van der Waals surface area contributed by atoms with Crippen molar-refractivity contribution < 1.29 is 9.84 Å². The summed E-state index contributed by atoms with van der Waals surface area (Å²) in [6.07, 6.45) is 15.5. The van der Waals surface area contributed by atoms with Gasteiger partial charge in [0.1, 0.15) is 17.1 Å². The molecule has 0 spiro atoms. The maximum Gasteiger partial charge on any atom is 0.126 e. The van der Waals surface area contributed by atoms with Crippen molar-refractivity contribution in [3.8, 4) is 11.5 Å². The Hall–Kier alpha value is -1.18. The molecule has 2 rings (SSSR count). The van der Waals surface area contributed by atoms with Crippen molar-refractivity contribution in [2.45, 2.75) is 124 Å². The Bertz CT molecular complexity index is 634. The van der Waals surface area contributed by atoms with Crippen LogP contribution < -0.4 is 4.74 Å². The van der Waals surface area contributed by atoms with Crippen molar-refractivity contribution in [1.29, 1.82) is 0 Å². The number of fused-ring (bicyclic) bond motifs is 1. The van der Waals surface area contributed by atoms with Crippen LogP contribution in [0.4, 0.5) is 0 Å². The van der Waals surface area contributed by atoms with Gasteiger partial charge in [0.05, 0.1) is 0 Å². The first-order valence-electron chi connectivity index (χ1n) is 12.2. The molecule has 2 nitrogen and oxygen atoms in total. The largest absolute Gasteiger partial charge is 0.508 e. The lowest BCUT2D eigenvalue weighted by Crippen LogP contribution is -2.36. The summed E-state index contributed by atoms with van der Waals surface area (Å²) in [6, 6.07) is 1.90. The molecule has 166 valence electrons. The number of rotatable bonds is 12. The van der Waals surface area contributed by atoms with Gasteiger partial charge in [-0.25, -0.2) is 0 Å². The Kier molecular flexibility index (Phi) is 9.37. The second kappa shape index (κ2) is 11.3. The molecule has 0 unspecified atom stereocenters. The summed E-state index contributed by atoms with van der Waals surface area (Å²) in [7, 11) is 0. The Morgan fingerprint density at radius 2 is 1.59 bits per heavy atom. The van der Waals surface area contributed by atoms with Gasteiger partial charge in [0.2, 0.25) is 0 Å². The zero-order valence-corrected chi connectivity index (χ0v) is 20.1. The SMILES string of the molecule is Cc1c(O)cc2c(c1C)O[C@](C)(CCCCCCC[C@H](C)CCCC(C)C)CC2. The Morgan fingerprint density at radius 3 is 2.31 bits per heavy atom. The molecular formula is C27H46O2. The van der Waals surface area contributed by atoms with E-state index < -0.39 is 0 Å². The van der Waals surface area contributed by atoms with E-state index in [9.17, 15) is 5.11 Å². The van der Waals surface area contributed by atoms with Crippen LogP contribution in [0.3, 0.4) is 0 Å². The molecular weight excluding hydrogens is 356 g/mol. The average Bonchev–Trinajstić information content (AvgIpc) is 2.66. The second-order valence-electron chi connectivity index (χ2n) is 10.4. The predicted octanol–water partition coefficient (Wildman–Crippen LogP) is 8.29. The van der Waals surface area contributed by atoms with Gasteiger partial charge in [-0.2, -0.15) is 0 Å². The lowest BCUT2D eigenvalue weighted by atomic mass is 9.86. The van der Waals surface area contributed by atoms with Gasteiger partial charge < -0.3 is 9.84 Å². The van der Waals surface area contributed by atoms with Gasteiger partial charge in [0, 0.05) is 0 Å². The molecule has 2 atom stereocenters. The van der Waals surface area contributed by atoms with E-state index in [-0.39, 0.29) is 5.60 Å². The Morgan fingerprint density at radius 1 is 0.931 bits per heavy atom. The number of aryl methyl sites for hydroxylation is 1. The van der Waals surface area contributed by atoms with Crippen LogP contribution in [0.5, 0.6) is 11.5 Å². The molecule has 0 aromatic heterocycles. The van der Waals surface area contributed by atoms with Crippen LogP contribution >= 0.6 is 0 Å². The minimum Gasteiger partial charge on any atom is -0.508 e. The second-order valence-corrected chi connectivity index (χ2v) is 10.4. The van der Waals surface area contributed by atoms with Crippen molar-refractivity contribution in [3.63, 3.8) is 0 Å². The minimum absolute atomic E-state index is 0.0495. The van der Waals surface area contributed by atoms with Gasteiger partial charge in [-0.05, 0) is 81.0 Å². The highest BCUT2D eigenvalue weighted by molar-refractivity contribution is 5.53. The summed E-state index contributed by atoms with van der Waals surface area (Å²) < 4.78 is 6.49. The molecule has 1 aromatic carbocycles. The zero-order chi connectivity index (χ0) is 21.4. The number of ether oxygens (including phenoxy) is 1. The maximum atomic E-state index is 10.1. The first kappa shape index (κ1) is 24.1. The van der Waals surface area contributed by atoms with Gasteiger partial charge >= 0.3 is 0 Å². The third-order valence-corrected chi connectivity index (χ3v) is 7.04. The van der Waals surface area contributed by atoms with E-state index in [0.717, 1.165) is 48.0 Å². The third-order valence-electron chi connectivity index (χ3n) is 7.04. The molecule has 1 N–H and O–H groups in total. The standard InChI is InChI=1S/C27H46O2/c1-20(2)13-12-15-21(3)14-10-8-7-9-11-17-27(6)18-16-24-19-25(28)22(4)23(5)26(24)29-27/h19-21,28H,7-18H2,1-6H3/t21-,27+/m0/s1. The summed E-state index contributed by atoms with van der Waals surface area (Å²) in [5, 5.41) is 10.1. The van der Waals surface area contributed by atoms with Gasteiger partial charge in [0.25, 0.3) is 0 Å². The molecule has 2 heteroatoms. The van der Waals surface area contributed by atoms with E-state index in [1.165, 1.54) is 63.4 Å². The highest BCUT2D eigenvalue weighted by atomic mass is 16.5. The monoisotopic (exact) mass is 402 g/mol. The summed E-state index contributed by atoms with van der Waals surface area (Å²) in [5.41, 5.74) is 3.18. The molecule has 1 aromatic rings. The first-order valence-corrected chi connectivity index (χ1v) is 12.2. The van der Waals surface area contributed by atoms with Crippen LogP contribution in [-0.2, 0) is 6.42 Å². The Labute approximate surface area is 180 Å². The van der Waals surface area contributed by atoms with Crippen LogP contribution in [0, 0.1) is 25.7 Å². The molecule has 0 radical (unpaired) electrons. The lowest BCUT2D eigenvalue weighted by molar-refractivity contribution is 0.0524. The quantitative estimate of drug-likeness (QED) is 0.356. The zero-order valence-electron chi connectivity index (χ0n) is 20.1. The van der Waals surface area contributed by atoms with Crippen molar-refractivity contribution >= 4 is 0 Å². The van der Waals surface area contributed by atoms with Gasteiger partial charge in [-0.15, -0.1) is 0 Å². The number of unbranched alkanes of at least 4 members (excludes halogenated alkanes) is 4. The van der Waals surface area contributed by atoms with Crippen molar-refractivity contribution in [2.75, 3.05) is 0 Å². The van der Waals surface area contributed by atoms with E-state index in [2.05, 4.69) is 34.6 Å². The van der Waals surface area contributed by atoms with Crippen molar-refractivity contribution in [3.05, 3.63) is 22.8 Å². The highest BCUT2D eigenvalue weighted by Crippen LogP contribution is 2.41. The van der Waals surface area contributed by atoms with E-state index in [1.54, 1.807) is 0 Å². The molecule has 0 saturated heterocycles. The molecule has 1 aliphatic rings. The summed E-state index contributed by atoms with van der Waals surface area (Å²) in [6.45, 7) is 13.4. The fraction of sp³-hybridized carbons (Fsp3) is 0.778. The summed E-state index contributed by atoms with van der Waals surface area (Å²) in [4.78, 5) is 0. The number of benzene rings is 1. The molecule has 0 amide bonds. The molecule has 0 fully saturated rings. The molecule has 29 heavy (non-hydrogen) atoms. The smallest absolute Gasteiger partial charge is 0.126 e. The van der Waals surface area contributed by atoms with Gasteiger partial charge in [0.15, 0.2) is 0 Å². The minimum atomic E-state index is -0.0495. The number of hydrogen-bond acceptors (Lipinski definition) is 2. The summed E-state index contributed by atoms with van der Waals surface area (Å²) >= 11 is 0. The number of phenolic OH excluding ortho intramolecular Hbond substituents is 1. The van der Waals surface area contributed by atoms with E-state index in [1.807, 2.05) is 13.0 Å². The Balaban J connectivity index is 1.63. The lowest BCUT2D eigenvalue weighted by Gasteiger charge is -2.37. The van der Waals surface area contributed by atoms with Crippen molar-refractivity contribution in [2.24, 2.45) is 11.8 Å². The number of hydrogen-bond donors (Lipinski definition) is 1. The van der Waals surface area contributed by atoms with Crippen LogP contribution in [0.25, 0.3) is 0 Å². The highest BCUT2D eigenvalue weighted by Gasteiger charge is 2.32. The van der Waals surface area contributed by atoms with Crippen LogP contribution in [0.1, 0.15) is 115 Å². The fourth-order valence-corrected chi connectivity index (χ4v) is 4.68. The maximum absolute atomic E-state index is 10.1. The average molecular weight is 403 g/mol. The third kappa shape index (κ3) is 7.54. The summed E-state index contributed by atoms with van der Waals surface area (Å²) in [5.74, 6) is 3.18. The van der Waals surface area contributed by atoms with Gasteiger partial charge in [-0.3, -0.25) is 0 Å². The predicted molar refractivity (Wildman–Crippen MR) is 125 cm³/mol. The van der Waals surface area contributed by atoms with Crippen molar-refractivity contribution in [1.82, 2.24) is 0 Å². The first-order chi connectivity index (χ1) is 13.7.